The van der Waals surface area contributed by atoms with Crippen molar-refractivity contribution in [1.29, 1.82) is 0 Å². The summed E-state index contributed by atoms with van der Waals surface area (Å²) in [5, 5.41) is 0.287. The lowest BCUT2D eigenvalue weighted by molar-refractivity contribution is -0.139. The number of rotatable bonds is 11. The fourth-order valence-electron chi connectivity index (χ4n) is 4.58. The highest BCUT2D eigenvalue weighted by atomic mass is 35.5. The predicted octanol–water partition coefficient (Wildman–Crippen LogP) is 4.27. The van der Waals surface area contributed by atoms with Crippen molar-refractivity contribution in [3.63, 3.8) is 0 Å². The maximum Gasteiger partial charge on any atom is 0.338 e. The van der Waals surface area contributed by atoms with E-state index in [2.05, 4.69) is 10.9 Å². The highest BCUT2D eigenvalue weighted by Crippen LogP contribution is 2.38. The molecular formula is C31H31ClN2O7S. The standard InChI is InChI=1S/C31H31ClN2O7S/c1-7-13-41-28-21(32)14-19(15-24(28)39-9-3)16-25-29(35)34-27(20-11-12-22(37-6)23(17-20)38-8-2)26(30(36)40-10-4)18(5)33-31(34)42-25/h1,11-12,14-17,27H,8-10,13H2,2-6H3/b25-16-/t27-/m0/s1. The molecule has 0 aliphatic carbocycles. The van der Waals surface area contributed by atoms with Crippen molar-refractivity contribution in [2.75, 3.05) is 33.5 Å². The van der Waals surface area contributed by atoms with Crippen molar-refractivity contribution in [3.05, 3.63) is 77.4 Å². The number of benzene rings is 2. The Hall–Kier alpha value is -4.20. The van der Waals surface area contributed by atoms with Gasteiger partial charge in [0.15, 0.2) is 27.8 Å². The molecule has 42 heavy (non-hydrogen) atoms. The van der Waals surface area contributed by atoms with E-state index in [1.54, 1.807) is 57.4 Å². The van der Waals surface area contributed by atoms with Crippen molar-refractivity contribution in [3.8, 4) is 35.3 Å². The van der Waals surface area contributed by atoms with Crippen LogP contribution in [0.1, 0.15) is 44.9 Å². The highest BCUT2D eigenvalue weighted by Gasteiger charge is 2.34. The number of ether oxygens (including phenoxy) is 5. The average Bonchev–Trinajstić information content (AvgIpc) is 3.26. The minimum absolute atomic E-state index is 0.0241. The van der Waals surface area contributed by atoms with E-state index in [1.807, 2.05) is 13.8 Å². The third-order valence-corrected chi connectivity index (χ3v) is 7.51. The summed E-state index contributed by atoms with van der Waals surface area (Å²) in [7, 11) is 1.55. The molecule has 0 saturated carbocycles. The Morgan fingerprint density at radius 2 is 1.83 bits per heavy atom. The van der Waals surface area contributed by atoms with Gasteiger partial charge in [-0.15, -0.1) is 6.42 Å². The summed E-state index contributed by atoms with van der Waals surface area (Å²) >= 11 is 7.71. The minimum Gasteiger partial charge on any atom is -0.493 e. The molecule has 4 rings (SSSR count). The van der Waals surface area contributed by atoms with E-state index in [4.69, 9.17) is 41.7 Å². The van der Waals surface area contributed by atoms with Crippen LogP contribution in [0.2, 0.25) is 5.02 Å². The van der Waals surface area contributed by atoms with E-state index in [9.17, 15) is 9.59 Å². The molecule has 2 aromatic carbocycles. The minimum atomic E-state index is -0.810. The van der Waals surface area contributed by atoms with E-state index in [1.165, 1.54) is 15.9 Å². The van der Waals surface area contributed by atoms with Crippen LogP contribution in [-0.2, 0) is 9.53 Å². The summed E-state index contributed by atoms with van der Waals surface area (Å²) in [6, 6.07) is 7.89. The number of thiazole rings is 1. The lowest BCUT2D eigenvalue weighted by atomic mass is 9.95. The molecule has 0 unspecified atom stereocenters. The van der Waals surface area contributed by atoms with Crippen molar-refractivity contribution < 1.29 is 28.5 Å². The zero-order valence-corrected chi connectivity index (χ0v) is 25.6. The summed E-state index contributed by atoms with van der Waals surface area (Å²) in [6.45, 7) is 8.12. The highest BCUT2D eigenvalue weighted by molar-refractivity contribution is 7.07. The summed E-state index contributed by atoms with van der Waals surface area (Å²) in [4.78, 5) is 32.3. The SMILES string of the molecule is C#CCOc1c(Cl)cc(/C=c2\sc3n(c2=O)[C@@H](c2ccc(OC)c(OCC)c2)C(C(=O)OCC)=C(C)N=3)cc1OCC. The number of hydrogen-bond acceptors (Lipinski definition) is 9. The average molecular weight is 611 g/mol. The molecule has 0 radical (unpaired) electrons. The Bertz CT molecular complexity index is 1750. The van der Waals surface area contributed by atoms with Gasteiger partial charge in [-0.25, -0.2) is 9.79 Å². The van der Waals surface area contributed by atoms with Gasteiger partial charge < -0.3 is 23.7 Å². The van der Waals surface area contributed by atoms with E-state index in [-0.39, 0.29) is 29.4 Å². The van der Waals surface area contributed by atoms with Gasteiger partial charge in [0.2, 0.25) is 0 Å². The number of terminal acetylenes is 1. The molecule has 0 fully saturated rings. The molecule has 2 heterocycles. The number of methoxy groups -OCH3 is 1. The number of aromatic nitrogens is 1. The number of carbonyl (C=O) groups is 1. The molecule has 1 aliphatic rings. The molecule has 1 aromatic heterocycles. The van der Waals surface area contributed by atoms with Gasteiger partial charge in [-0.1, -0.05) is 34.9 Å². The molecule has 0 bridgehead atoms. The summed E-state index contributed by atoms with van der Waals surface area (Å²) in [5.41, 5.74) is 1.63. The largest absolute Gasteiger partial charge is 0.493 e. The van der Waals surface area contributed by atoms with Gasteiger partial charge in [0.05, 0.1) is 53.8 Å². The van der Waals surface area contributed by atoms with E-state index in [0.29, 0.717) is 62.4 Å². The first kappa shape index (κ1) is 30.8. The van der Waals surface area contributed by atoms with Crippen molar-refractivity contribution in [2.24, 2.45) is 4.99 Å². The Labute approximate surface area is 252 Å². The van der Waals surface area contributed by atoms with E-state index >= 15 is 0 Å². The van der Waals surface area contributed by atoms with Gasteiger partial charge in [-0.05, 0) is 69.2 Å². The van der Waals surface area contributed by atoms with Crippen molar-refractivity contribution in [2.45, 2.75) is 33.7 Å². The predicted molar refractivity (Wildman–Crippen MR) is 162 cm³/mol. The van der Waals surface area contributed by atoms with Gasteiger partial charge in [0, 0.05) is 0 Å². The molecule has 0 N–H and O–H groups in total. The van der Waals surface area contributed by atoms with Crippen LogP contribution in [0.4, 0.5) is 0 Å². The van der Waals surface area contributed by atoms with Crippen LogP contribution in [0.3, 0.4) is 0 Å². The molecule has 1 aliphatic heterocycles. The second kappa shape index (κ2) is 13.6. The molecule has 1 atom stereocenters. The lowest BCUT2D eigenvalue weighted by Crippen LogP contribution is -2.40. The number of fused-ring (bicyclic) bond motifs is 1. The van der Waals surface area contributed by atoms with Gasteiger partial charge in [-0.2, -0.15) is 0 Å². The second-order valence-electron chi connectivity index (χ2n) is 8.90. The van der Waals surface area contributed by atoms with Crippen LogP contribution in [0, 0.1) is 12.3 Å². The van der Waals surface area contributed by atoms with Crippen LogP contribution in [-0.4, -0.2) is 44.1 Å². The molecule has 9 nitrogen and oxygen atoms in total. The third-order valence-electron chi connectivity index (χ3n) is 6.25. The van der Waals surface area contributed by atoms with Gasteiger partial charge in [0.25, 0.3) is 5.56 Å². The molecule has 11 heteroatoms. The number of hydrogen-bond donors (Lipinski definition) is 0. The Kier molecular flexibility index (Phi) is 9.99. The normalized spacial score (nSPS) is 14.5. The first-order valence-corrected chi connectivity index (χ1v) is 14.5. The van der Waals surface area contributed by atoms with Crippen LogP contribution < -0.4 is 33.8 Å². The number of halogens is 1. The maximum atomic E-state index is 14.0. The van der Waals surface area contributed by atoms with Crippen LogP contribution in [0.25, 0.3) is 6.08 Å². The topological polar surface area (TPSA) is 97.6 Å². The monoisotopic (exact) mass is 610 g/mol. The fourth-order valence-corrected chi connectivity index (χ4v) is 5.90. The van der Waals surface area contributed by atoms with Gasteiger partial charge in [0.1, 0.15) is 6.61 Å². The van der Waals surface area contributed by atoms with E-state index in [0.717, 1.165) is 0 Å². The zero-order chi connectivity index (χ0) is 30.4. The molecular weight excluding hydrogens is 580 g/mol. The summed E-state index contributed by atoms with van der Waals surface area (Å²) in [6.07, 6.45) is 7.04. The Balaban J connectivity index is 1.93. The smallest absolute Gasteiger partial charge is 0.338 e. The maximum absolute atomic E-state index is 14.0. The molecule has 3 aromatic rings. The van der Waals surface area contributed by atoms with Gasteiger partial charge >= 0.3 is 5.97 Å². The van der Waals surface area contributed by atoms with Gasteiger partial charge in [-0.3, -0.25) is 9.36 Å². The third kappa shape index (κ3) is 6.17. The number of nitrogens with zero attached hydrogens (tertiary/aromatic N) is 2. The lowest BCUT2D eigenvalue weighted by Gasteiger charge is -2.25. The zero-order valence-electron chi connectivity index (χ0n) is 24.0. The van der Waals surface area contributed by atoms with Crippen LogP contribution >= 0.6 is 22.9 Å². The van der Waals surface area contributed by atoms with Crippen molar-refractivity contribution in [1.82, 2.24) is 4.57 Å². The first-order chi connectivity index (χ1) is 20.3. The number of allylic oxidation sites excluding steroid dienone is 1. The molecule has 0 amide bonds. The van der Waals surface area contributed by atoms with Crippen LogP contribution in [0.15, 0.2) is 51.4 Å². The quantitative estimate of drug-likeness (QED) is 0.236. The molecule has 220 valence electrons. The van der Waals surface area contributed by atoms with Crippen molar-refractivity contribution >= 4 is 35.0 Å². The second-order valence-corrected chi connectivity index (χ2v) is 10.3. The number of carbonyl (C=O) groups excluding carboxylic acids is 1. The number of esters is 1. The summed E-state index contributed by atoms with van der Waals surface area (Å²) in [5.74, 6) is 3.61. The fraction of sp³-hybridized carbons (Fsp3) is 0.323. The first-order valence-electron chi connectivity index (χ1n) is 13.3. The van der Waals surface area contributed by atoms with Crippen LogP contribution in [0.5, 0.6) is 23.0 Å². The molecule has 0 spiro atoms. The Morgan fingerprint density at radius 1 is 1.10 bits per heavy atom. The summed E-state index contributed by atoms with van der Waals surface area (Å²) < 4.78 is 29.8. The Morgan fingerprint density at radius 3 is 2.50 bits per heavy atom. The molecule has 0 saturated heterocycles. The van der Waals surface area contributed by atoms with E-state index < -0.39 is 12.0 Å².